The summed E-state index contributed by atoms with van der Waals surface area (Å²) in [6.45, 7) is 4.33. The number of piperazine rings is 1. The Morgan fingerprint density at radius 3 is 2.83 bits per heavy atom. The summed E-state index contributed by atoms with van der Waals surface area (Å²) in [6, 6.07) is 3.22. The third-order valence-electron chi connectivity index (χ3n) is 3.23. The normalized spacial score (nSPS) is 24.2. The molecule has 1 aliphatic rings. The van der Waals surface area contributed by atoms with Gasteiger partial charge in [-0.3, -0.25) is 9.59 Å². The standard InChI is InChI=1S/C13H18N2O2S/c1-3-5-11-13(17)15(9(2)12(16)14-11)8-10-6-4-7-18-10/h4,6-7,9,11H,3,5,8H2,1-2H3,(H,14,16). The fourth-order valence-corrected chi connectivity index (χ4v) is 2.86. The van der Waals surface area contributed by atoms with E-state index in [2.05, 4.69) is 5.32 Å². The van der Waals surface area contributed by atoms with E-state index in [4.69, 9.17) is 0 Å². The Balaban J connectivity index is 2.14. The molecule has 0 saturated carbocycles. The SMILES string of the molecule is CCCC1NC(=O)C(C)N(Cc2cccs2)C1=O. The summed E-state index contributed by atoms with van der Waals surface area (Å²) < 4.78 is 0. The Bertz CT molecular complexity index is 430. The number of nitrogens with zero attached hydrogens (tertiary/aromatic N) is 1. The van der Waals surface area contributed by atoms with Gasteiger partial charge in [0.15, 0.2) is 0 Å². The van der Waals surface area contributed by atoms with Crippen molar-refractivity contribution in [2.75, 3.05) is 0 Å². The highest BCUT2D eigenvalue weighted by Crippen LogP contribution is 2.19. The Morgan fingerprint density at radius 1 is 1.44 bits per heavy atom. The van der Waals surface area contributed by atoms with Gasteiger partial charge in [0.25, 0.3) is 0 Å². The van der Waals surface area contributed by atoms with E-state index in [0.29, 0.717) is 13.0 Å². The summed E-state index contributed by atoms with van der Waals surface area (Å²) in [4.78, 5) is 27.0. The van der Waals surface area contributed by atoms with Gasteiger partial charge in [-0.15, -0.1) is 11.3 Å². The van der Waals surface area contributed by atoms with Crippen molar-refractivity contribution in [3.63, 3.8) is 0 Å². The van der Waals surface area contributed by atoms with Crippen molar-refractivity contribution in [3.8, 4) is 0 Å². The van der Waals surface area contributed by atoms with Crippen molar-refractivity contribution in [2.45, 2.75) is 45.3 Å². The van der Waals surface area contributed by atoms with Crippen LogP contribution in [-0.4, -0.2) is 28.8 Å². The maximum atomic E-state index is 12.3. The van der Waals surface area contributed by atoms with Crippen LogP contribution in [0.1, 0.15) is 31.6 Å². The van der Waals surface area contributed by atoms with E-state index < -0.39 is 0 Å². The summed E-state index contributed by atoms with van der Waals surface area (Å²) in [5, 5.41) is 4.78. The second-order valence-electron chi connectivity index (χ2n) is 4.57. The Morgan fingerprint density at radius 2 is 2.22 bits per heavy atom. The molecule has 2 heterocycles. The van der Waals surface area contributed by atoms with Crippen molar-refractivity contribution < 1.29 is 9.59 Å². The van der Waals surface area contributed by atoms with Crippen molar-refractivity contribution >= 4 is 23.2 Å². The predicted octanol–water partition coefficient (Wildman–Crippen LogP) is 1.76. The third-order valence-corrected chi connectivity index (χ3v) is 4.09. The summed E-state index contributed by atoms with van der Waals surface area (Å²) in [6.07, 6.45) is 1.59. The molecule has 2 unspecified atom stereocenters. The third kappa shape index (κ3) is 2.56. The second-order valence-corrected chi connectivity index (χ2v) is 5.60. The van der Waals surface area contributed by atoms with Gasteiger partial charge in [0.2, 0.25) is 11.8 Å². The molecule has 0 radical (unpaired) electrons. The lowest BCUT2D eigenvalue weighted by Crippen LogP contribution is -2.61. The average molecular weight is 266 g/mol. The molecule has 2 atom stereocenters. The van der Waals surface area contributed by atoms with Crippen LogP contribution in [0.15, 0.2) is 17.5 Å². The molecule has 1 N–H and O–H groups in total. The van der Waals surface area contributed by atoms with Gasteiger partial charge < -0.3 is 10.2 Å². The first-order valence-corrected chi connectivity index (χ1v) is 7.14. The van der Waals surface area contributed by atoms with Crippen molar-refractivity contribution in [1.82, 2.24) is 10.2 Å². The molecule has 1 fully saturated rings. The number of rotatable bonds is 4. The topological polar surface area (TPSA) is 49.4 Å². The Labute approximate surface area is 111 Å². The van der Waals surface area contributed by atoms with Gasteiger partial charge in [0, 0.05) is 4.88 Å². The van der Waals surface area contributed by atoms with Crippen molar-refractivity contribution in [1.29, 1.82) is 0 Å². The van der Waals surface area contributed by atoms with Gasteiger partial charge in [0.1, 0.15) is 12.1 Å². The summed E-state index contributed by atoms with van der Waals surface area (Å²) in [5.41, 5.74) is 0. The van der Waals surface area contributed by atoms with E-state index in [9.17, 15) is 9.59 Å². The minimum absolute atomic E-state index is 0.0392. The summed E-state index contributed by atoms with van der Waals surface area (Å²) >= 11 is 1.61. The molecule has 1 aromatic rings. The predicted molar refractivity (Wildman–Crippen MR) is 71.2 cm³/mol. The van der Waals surface area contributed by atoms with Gasteiger partial charge in [-0.25, -0.2) is 0 Å². The smallest absolute Gasteiger partial charge is 0.246 e. The van der Waals surface area contributed by atoms with Crippen LogP contribution in [0.5, 0.6) is 0 Å². The minimum Gasteiger partial charge on any atom is -0.343 e. The molecule has 1 saturated heterocycles. The molecule has 0 aromatic carbocycles. The highest BCUT2D eigenvalue weighted by Gasteiger charge is 2.37. The number of hydrogen-bond donors (Lipinski definition) is 1. The van der Waals surface area contributed by atoms with E-state index >= 15 is 0 Å². The number of hydrogen-bond acceptors (Lipinski definition) is 3. The number of nitrogens with one attached hydrogen (secondary N) is 1. The monoisotopic (exact) mass is 266 g/mol. The van der Waals surface area contributed by atoms with Crippen molar-refractivity contribution in [2.24, 2.45) is 0 Å². The highest BCUT2D eigenvalue weighted by atomic mass is 32.1. The van der Waals surface area contributed by atoms with Gasteiger partial charge in [-0.2, -0.15) is 0 Å². The molecule has 5 heteroatoms. The van der Waals surface area contributed by atoms with Gasteiger partial charge >= 0.3 is 0 Å². The van der Waals surface area contributed by atoms with E-state index in [-0.39, 0.29) is 23.9 Å². The fourth-order valence-electron chi connectivity index (χ4n) is 2.16. The lowest BCUT2D eigenvalue weighted by molar-refractivity contribution is -0.149. The molecular weight excluding hydrogens is 248 g/mol. The minimum atomic E-state index is -0.382. The van der Waals surface area contributed by atoms with Gasteiger partial charge in [-0.1, -0.05) is 19.4 Å². The average Bonchev–Trinajstić information content (AvgIpc) is 2.85. The Kier molecular flexibility index (Phi) is 4.01. The van der Waals surface area contributed by atoms with Gasteiger partial charge in [0.05, 0.1) is 6.54 Å². The van der Waals surface area contributed by atoms with E-state index in [1.54, 1.807) is 23.2 Å². The van der Waals surface area contributed by atoms with Gasteiger partial charge in [-0.05, 0) is 24.8 Å². The molecule has 2 amide bonds. The molecule has 0 bridgehead atoms. The molecule has 1 aliphatic heterocycles. The molecule has 18 heavy (non-hydrogen) atoms. The van der Waals surface area contributed by atoms with Crippen LogP contribution in [0.3, 0.4) is 0 Å². The quantitative estimate of drug-likeness (QED) is 0.903. The molecular formula is C13H18N2O2S. The van der Waals surface area contributed by atoms with E-state index in [1.165, 1.54) is 0 Å². The van der Waals surface area contributed by atoms with E-state index in [1.807, 2.05) is 24.4 Å². The zero-order chi connectivity index (χ0) is 13.1. The number of carbonyl (C=O) groups excluding carboxylic acids is 2. The zero-order valence-electron chi connectivity index (χ0n) is 10.7. The fraction of sp³-hybridized carbons (Fsp3) is 0.538. The second kappa shape index (κ2) is 5.52. The number of carbonyl (C=O) groups is 2. The first kappa shape index (κ1) is 13.1. The number of thiophene rings is 1. The maximum Gasteiger partial charge on any atom is 0.246 e. The van der Waals surface area contributed by atoms with Crippen LogP contribution < -0.4 is 5.32 Å². The lowest BCUT2D eigenvalue weighted by Gasteiger charge is -2.37. The maximum absolute atomic E-state index is 12.3. The molecule has 98 valence electrons. The van der Waals surface area contributed by atoms with Crippen LogP contribution in [0.25, 0.3) is 0 Å². The first-order chi connectivity index (χ1) is 8.63. The molecule has 0 aliphatic carbocycles. The summed E-state index contributed by atoms with van der Waals surface area (Å²) in [5.74, 6) is -0.0121. The van der Waals surface area contributed by atoms with Crippen LogP contribution in [-0.2, 0) is 16.1 Å². The number of amides is 2. The lowest BCUT2D eigenvalue weighted by atomic mass is 10.0. The largest absolute Gasteiger partial charge is 0.343 e. The first-order valence-electron chi connectivity index (χ1n) is 6.26. The molecule has 0 spiro atoms. The summed E-state index contributed by atoms with van der Waals surface area (Å²) in [7, 11) is 0. The van der Waals surface area contributed by atoms with Crippen LogP contribution in [0.4, 0.5) is 0 Å². The molecule has 1 aromatic heterocycles. The Hall–Kier alpha value is -1.36. The van der Waals surface area contributed by atoms with Crippen LogP contribution in [0.2, 0.25) is 0 Å². The zero-order valence-corrected chi connectivity index (χ0v) is 11.5. The van der Waals surface area contributed by atoms with Crippen LogP contribution in [0, 0.1) is 0 Å². The van der Waals surface area contributed by atoms with Crippen LogP contribution >= 0.6 is 11.3 Å². The highest BCUT2D eigenvalue weighted by molar-refractivity contribution is 7.09. The molecule has 2 rings (SSSR count). The molecule has 4 nitrogen and oxygen atoms in total. The van der Waals surface area contributed by atoms with Crippen molar-refractivity contribution in [3.05, 3.63) is 22.4 Å². The van der Waals surface area contributed by atoms with E-state index in [0.717, 1.165) is 11.3 Å².